The molecule has 0 saturated heterocycles. The van der Waals surface area contributed by atoms with Crippen LogP contribution in [0.15, 0.2) is 23.8 Å². The molecule has 60 valence electrons. The molecule has 2 aliphatic rings. The normalized spacial score (nSPS) is 36.0. The van der Waals surface area contributed by atoms with E-state index in [1.165, 1.54) is 12.0 Å². The van der Waals surface area contributed by atoms with Gasteiger partial charge in [-0.1, -0.05) is 25.2 Å². The van der Waals surface area contributed by atoms with Crippen molar-refractivity contribution in [2.24, 2.45) is 17.6 Å². The van der Waals surface area contributed by atoms with Crippen LogP contribution in [-0.4, -0.2) is 6.04 Å². The smallest absolute Gasteiger partial charge is 0.0257 e. The van der Waals surface area contributed by atoms with E-state index < -0.39 is 0 Å². The Hall–Kier alpha value is -0.560. The second-order valence-corrected chi connectivity index (χ2v) is 3.57. The highest BCUT2D eigenvalue weighted by atomic mass is 14.7. The van der Waals surface area contributed by atoms with Crippen molar-refractivity contribution in [1.82, 2.24) is 0 Å². The third-order valence-electron chi connectivity index (χ3n) is 2.78. The Morgan fingerprint density at radius 3 is 3.27 bits per heavy atom. The Labute approximate surface area is 68.0 Å². The summed E-state index contributed by atoms with van der Waals surface area (Å²) in [6.45, 7) is 2.15. The third kappa shape index (κ3) is 1.14. The van der Waals surface area contributed by atoms with Crippen LogP contribution in [0.4, 0.5) is 0 Å². The maximum atomic E-state index is 5.96. The second-order valence-electron chi connectivity index (χ2n) is 3.57. The highest BCUT2D eigenvalue weighted by molar-refractivity contribution is 5.32. The standard InChI is InChI=1S/C10H15N/c1-2-10(11)8-5-3-4-7-6-9(7)8/h3-5,7,9-10H,2,6,11H2,1H3/t7-,9+,10?/m1/s1. The first-order valence-electron chi connectivity index (χ1n) is 4.46. The molecule has 1 heteroatoms. The molecule has 2 aliphatic carbocycles. The summed E-state index contributed by atoms with van der Waals surface area (Å²) in [5.74, 6) is 1.66. The van der Waals surface area contributed by atoms with Crippen molar-refractivity contribution in [3.63, 3.8) is 0 Å². The van der Waals surface area contributed by atoms with E-state index in [1.54, 1.807) is 0 Å². The van der Waals surface area contributed by atoms with Crippen molar-refractivity contribution in [3.8, 4) is 0 Å². The van der Waals surface area contributed by atoms with Crippen LogP contribution in [0.5, 0.6) is 0 Å². The fourth-order valence-corrected chi connectivity index (χ4v) is 1.88. The molecule has 0 bridgehead atoms. The van der Waals surface area contributed by atoms with Crippen molar-refractivity contribution >= 4 is 0 Å². The van der Waals surface area contributed by atoms with Gasteiger partial charge in [0.05, 0.1) is 0 Å². The van der Waals surface area contributed by atoms with E-state index in [-0.39, 0.29) is 0 Å². The Kier molecular flexibility index (Phi) is 1.61. The predicted molar refractivity (Wildman–Crippen MR) is 47.1 cm³/mol. The number of allylic oxidation sites excluding steroid dienone is 3. The monoisotopic (exact) mass is 149 g/mol. The number of fused-ring (bicyclic) bond motifs is 1. The lowest BCUT2D eigenvalue weighted by molar-refractivity contribution is 0.678. The first-order chi connectivity index (χ1) is 5.33. The van der Waals surface area contributed by atoms with Crippen molar-refractivity contribution in [3.05, 3.63) is 23.8 Å². The van der Waals surface area contributed by atoms with E-state index in [0.29, 0.717) is 6.04 Å². The zero-order valence-electron chi connectivity index (χ0n) is 6.96. The van der Waals surface area contributed by atoms with Crippen LogP contribution in [0.2, 0.25) is 0 Å². The molecule has 2 rings (SSSR count). The molecule has 11 heavy (non-hydrogen) atoms. The highest BCUT2D eigenvalue weighted by Crippen LogP contribution is 2.48. The van der Waals surface area contributed by atoms with Crippen LogP contribution < -0.4 is 5.73 Å². The van der Waals surface area contributed by atoms with Gasteiger partial charge in [-0.25, -0.2) is 0 Å². The fraction of sp³-hybridized carbons (Fsp3) is 0.600. The summed E-state index contributed by atoms with van der Waals surface area (Å²) >= 11 is 0. The van der Waals surface area contributed by atoms with Gasteiger partial charge in [-0.2, -0.15) is 0 Å². The van der Waals surface area contributed by atoms with Gasteiger partial charge in [-0.05, 0) is 30.3 Å². The zero-order chi connectivity index (χ0) is 7.84. The minimum absolute atomic E-state index is 0.315. The van der Waals surface area contributed by atoms with E-state index in [9.17, 15) is 0 Å². The summed E-state index contributed by atoms with van der Waals surface area (Å²) in [4.78, 5) is 0. The largest absolute Gasteiger partial charge is 0.324 e. The molecule has 0 amide bonds. The van der Waals surface area contributed by atoms with Crippen LogP contribution in [0.3, 0.4) is 0 Å². The van der Waals surface area contributed by atoms with Crippen molar-refractivity contribution < 1.29 is 0 Å². The molecule has 0 aromatic heterocycles. The van der Waals surface area contributed by atoms with Gasteiger partial charge in [0.2, 0.25) is 0 Å². The van der Waals surface area contributed by atoms with E-state index in [4.69, 9.17) is 5.73 Å². The molecular weight excluding hydrogens is 134 g/mol. The average Bonchev–Trinajstić information content (AvgIpc) is 2.80. The minimum atomic E-state index is 0.315. The predicted octanol–water partition coefficient (Wildman–Crippen LogP) is 1.86. The molecular formula is C10H15N. The topological polar surface area (TPSA) is 26.0 Å². The van der Waals surface area contributed by atoms with Crippen LogP contribution in [0.1, 0.15) is 19.8 Å². The van der Waals surface area contributed by atoms with Gasteiger partial charge in [0, 0.05) is 6.04 Å². The van der Waals surface area contributed by atoms with Gasteiger partial charge in [-0.15, -0.1) is 0 Å². The van der Waals surface area contributed by atoms with E-state index in [1.807, 2.05) is 0 Å². The molecule has 1 nitrogen and oxygen atoms in total. The number of hydrogen-bond donors (Lipinski definition) is 1. The molecule has 0 aromatic rings. The number of rotatable bonds is 2. The Bertz CT molecular complexity index is 215. The minimum Gasteiger partial charge on any atom is -0.324 e. The van der Waals surface area contributed by atoms with Gasteiger partial charge in [-0.3, -0.25) is 0 Å². The molecule has 0 heterocycles. The quantitative estimate of drug-likeness (QED) is 0.637. The van der Waals surface area contributed by atoms with Crippen molar-refractivity contribution in [2.75, 3.05) is 0 Å². The maximum absolute atomic E-state index is 5.96. The third-order valence-corrected chi connectivity index (χ3v) is 2.78. The lowest BCUT2D eigenvalue weighted by atomic mass is 9.96. The summed E-state index contributed by atoms with van der Waals surface area (Å²) < 4.78 is 0. The van der Waals surface area contributed by atoms with Gasteiger partial charge >= 0.3 is 0 Å². The van der Waals surface area contributed by atoms with Gasteiger partial charge in [0.25, 0.3) is 0 Å². The van der Waals surface area contributed by atoms with Crippen molar-refractivity contribution in [1.29, 1.82) is 0 Å². The fourth-order valence-electron chi connectivity index (χ4n) is 1.88. The number of hydrogen-bond acceptors (Lipinski definition) is 1. The van der Waals surface area contributed by atoms with Crippen LogP contribution in [0.25, 0.3) is 0 Å². The molecule has 1 unspecified atom stereocenters. The lowest BCUT2D eigenvalue weighted by Gasteiger charge is -2.14. The van der Waals surface area contributed by atoms with E-state index >= 15 is 0 Å². The highest BCUT2D eigenvalue weighted by Gasteiger charge is 2.40. The summed E-state index contributed by atoms with van der Waals surface area (Å²) in [6.07, 6.45) is 9.09. The molecule has 1 fully saturated rings. The first-order valence-corrected chi connectivity index (χ1v) is 4.46. The Morgan fingerprint density at radius 2 is 2.55 bits per heavy atom. The summed E-state index contributed by atoms with van der Waals surface area (Å²) in [5, 5.41) is 0. The van der Waals surface area contributed by atoms with E-state index in [0.717, 1.165) is 18.3 Å². The van der Waals surface area contributed by atoms with Gasteiger partial charge in [0.1, 0.15) is 0 Å². The second kappa shape index (κ2) is 2.49. The Morgan fingerprint density at radius 1 is 1.73 bits per heavy atom. The molecule has 0 radical (unpaired) electrons. The van der Waals surface area contributed by atoms with Gasteiger partial charge < -0.3 is 5.73 Å². The van der Waals surface area contributed by atoms with Crippen LogP contribution in [-0.2, 0) is 0 Å². The molecule has 1 saturated carbocycles. The maximum Gasteiger partial charge on any atom is 0.0257 e. The van der Waals surface area contributed by atoms with Crippen molar-refractivity contribution in [2.45, 2.75) is 25.8 Å². The number of nitrogens with two attached hydrogens (primary N) is 1. The Balaban J connectivity index is 2.12. The molecule has 0 spiro atoms. The lowest BCUT2D eigenvalue weighted by Crippen LogP contribution is -2.23. The molecule has 2 N–H and O–H groups in total. The summed E-state index contributed by atoms with van der Waals surface area (Å²) in [6, 6.07) is 0.315. The van der Waals surface area contributed by atoms with E-state index in [2.05, 4.69) is 25.2 Å². The van der Waals surface area contributed by atoms with Crippen LogP contribution in [0, 0.1) is 11.8 Å². The van der Waals surface area contributed by atoms with Crippen LogP contribution >= 0.6 is 0 Å². The zero-order valence-corrected chi connectivity index (χ0v) is 6.96. The van der Waals surface area contributed by atoms with Gasteiger partial charge in [0.15, 0.2) is 0 Å². The summed E-state index contributed by atoms with van der Waals surface area (Å²) in [5.41, 5.74) is 7.45. The molecule has 0 aliphatic heterocycles. The SMILES string of the molecule is CCC(N)C1=CC=C[C@@H]2C[C@H]12. The summed E-state index contributed by atoms with van der Waals surface area (Å²) in [7, 11) is 0. The molecule has 3 atom stereocenters. The molecule has 0 aromatic carbocycles. The first kappa shape index (κ1) is 7.11. The average molecular weight is 149 g/mol.